The molecule has 1 atom stereocenters. The van der Waals surface area contributed by atoms with Gasteiger partial charge in [0.1, 0.15) is 12.6 Å². The molecule has 0 saturated heterocycles. The predicted octanol–water partition coefficient (Wildman–Crippen LogP) is 4.86. The molecule has 0 saturated carbocycles. The summed E-state index contributed by atoms with van der Waals surface area (Å²) < 4.78 is 26.8. The average Bonchev–Trinajstić information content (AvgIpc) is 2.84. The van der Waals surface area contributed by atoms with Gasteiger partial charge in [0.2, 0.25) is 21.8 Å². The summed E-state index contributed by atoms with van der Waals surface area (Å²) in [5.74, 6) is -0.884. The SMILES string of the molecule is CCCNC(=O)[C@H](C)N(Cc1ccc(Cl)cc1Cl)C(=O)CN(c1cccc2ccccc12)S(C)(=O)=O. The van der Waals surface area contributed by atoms with E-state index < -0.39 is 28.5 Å². The van der Waals surface area contributed by atoms with Crippen molar-refractivity contribution in [1.82, 2.24) is 10.2 Å². The molecule has 3 aromatic carbocycles. The lowest BCUT2D eigenvalue weighted by Gasteiger charge is -2.32. The summed E-state index contributed by atoms with van der Waals surface area (Å²) in [6.45, 7) is 3.51. The third kappa shape index (κ3) is 6.69. The Morgan fingerprint density at radius 1 is 1.03 bits per heavy atom. The minimum absolute atomic E-state index is 0.00267. The molecule has 7 nitrogen and oxygen atoms in total. The highest BCUT2D eigenvalue weighted by atomic mass is 35.5. The Morgan fingerprint density at radius 3 is 2.39 bits per heavy atom. The molecule has 0 unspecified atom stereocenters. The zero-order valence-electron chi connectivity index (χ0n) is 20.4. The lowest BCUT2D eigenvalue weighted by Crippen LogP contribution is -2.51. The first kappa shape index (κ1) is 27.8. The summed E-state index contributed by atoms with van der Waals surface area (Å²) >= 11 is 12.4. The molecule has 192 valence electrons. The second kappa shape index (κ2) is 12.0. The number of carbonyl (C=O) groups is 2. The number of benzene rings is 3. The zero-order chi connectivity index (χ0) is 26.5. The van der Waals surface area contributed by atoms with Crippen molar-refractivity contribution in [3.05, 3.63) is 76.3 Å². The molecule has 3 rings (SSSR count). The van der Waals surface area contributed by atoms with Gasteiger partial charge in [-0.25, -0.2) is 8.42 Å². The van der Waals surface area contributed by atoms with Crippen molar-refractivity contribution in [2.45, 2.75) is 32.9 Å². The molecule has 2 amide bonds. The largest absolute Gasteiger partial charge is 0.354 e. The van der Waals surface area contributed by atoms with Crippen LogP contribution in [0.3, 0.4) is 0 Å². The van der Waals surface area contributed by atoms with Crippen molar-refractivity contribution in [2.75, 3.05) is 23.7 Å². The summed E-state index contributed by atoms with van der Waals surface area (Å²) in [7, 11) is -3.84. The topological polar surface area (TPSA) is 86.8 Å². The van der Waals surface area contributed by atoms with E-state index in [1.807, 2.05) is 31.2 Å². The molecule has 0 radical (unpaired) electrons. The fourth-order valence-corrected chi connectivity index (χ4v) is 5.16. The number of nitrogens with zero attached hydrogens (tertiary/aromatic N) is 2. The average molecular weight is 551 g/mol. The maximum absolute atomic E-state index is 13.7. The van der Waals surface area contributed by atoms with E-state index in [4.69, 9.17) is 23.2 Å². The minimum Gasteiger partial charge on any atom is -0.354 e. The summed E-state index contributed by atoms with van der Waals surface area (Å²) in [6.07, 6.45) is 1.79. The Morgan fingerprint density at radius 2 is 1.72 bits per heavy atom. The van der Waals surface area contributed by atoms with Gasteiger partial charge in [-0.05, 0) is 42.5 Å². The smallest absolute Gasteiger partial charge is 0.244 e. The Balaban J connectivity index is 2.00. The molecule has 0 spiro atoms. The molecule has 0 heterocycles. The van der Waals surface area contributed by atoms with Gasteiger partial charge >= 0.3 is 0 Å². The number of rotatable bonds is 10. The van der Waals surface area contributed by atoms with Crippen molar-refractivity contribution < 1.29 is 18.0 Å². The van der Waals surface area contributed by atoms with Gasteiger partial charge < -0.3 is 10.2 Å². The second-order valence-electron chi connectivity index (χ2n) is 8.49. The van der Waals surface area contributed by atoms with E-state index in [0.29, 0.717) is 33.2 Å². The van der Waals surface area contributed by atoms with Crippen LogP contribution in [-0.2, 0) is 26.2 Å². The number of fused-ring (bicyclic) bond motifs is 1. The summed E-state index contributed by atoms with van der Waals surface area (Å²) in [6, 6.07) is 16.6. The fourth-order valence-electron chi connectivity index (χ4n) is 3.83. The molecule has 36 heavy (non-hydrogen) atoms. The van der Waals surface area contributed by atoms with E-state index in [-0.39, 0.29) is 12.5 Å². The first-order valence-corrected chi connectivity index (χ1v) is 14.1. The lowest BCUT2D eigenvalue weighted by atomic mass is 10.1. The van der Waals surface area contributed by atoms with Crippen LogP contribution in [0.2, 0.25) is 10.0 Å². The van der Waals surface area contributed by atoms with Gasteiger partial charge in [0, 0.05) is 28.5 Å². The number of nitrogens with one attached hydrogen (secondary N) is 1. The molecule has 0 aliphatic heterocycles. The standard InChI is InChI=1S/C26H29Cl2N3O4S/c1-4-14-29-26(33)18(2)30(16-20-12-13-21(27)15-23(20)28)25(32)17-31(36(3,34)35)24-11-7-9-19-8-5-6-10-22(19)24/h5-13,15,18H,4,14,16-17H2,1-3H3,(H,29,33)/t18-/m0/s1. The van der Waals surface area contributed by atoms with Gasteiger partial charge in [0.05, 0.1) is 11.9 Å². The highest BCUT2D eigenvalue weighted by Crippen LogP contribution is 2.29. The number of carbonyl (C=O) groups excluding carboxylic acids is 2. The summed E-state index contributed by atoms with van der Waals surface area (Å²) in [4.78, 5) is 27.8. The Bertz CT molecular complexity index is 1360. The number of halogens is 2. The van der Waals surface area contributed by atoms with Crippen LogP contribution in [-0.4, -0.2) is 50.5 Å². The van der Waals surface area contributed by atoms with E-state index in [0.717, 1.165) is 22.4 Å². The molecule has 3 aromatic rings. The number of hydrogen-bond donors (Lipinski definition) is 1. The first-order valence-electron chi connectivity index (χ1n) is 11.5. The van der Waals surface area contributed by atoms with Crippen LogP contribution >= 0.6 is 23.2 Å². The normalized spacial score (nSPS) is 12.2. The van der Waals surface area contributed by atoms with Gasteiger partial charge in [-0.2, -0.15) is 0 Å². The second-order valence-corrected chi connectivity index (χ2v) is 11.2. The molecule has 1 N–H and O–H groups in total. The molecular formula is C26H29Cl2N3O4S. The molecule has 10 heteroatoms. The van der Waals surface area contributed by atoms with Crippen LogP contribution in [0.25, 0.3) is 10.8 Å². The lowest BCUT2D eigenvalue weighted by molar-refractivity contribution is -0.139. The summed E-state index contributed by atoms with van der Waals surface area (Å²) in [5.41, 5.74) is 0.970. The quantitative estimate of drug-likeness (QED) is 0.391. The van der Waals surface area contributed by atoms with Gasteiger partial charge in [-0.1, -0.05) is 72.6 Å². The van der Waals surface area contributed by atoms with Crippen LogP contribution in [0.15, 0.2) is 60.7 Å². The van der Waals surface area contributed by atoms with Crippen molar-refractivity contribution in [3.63, 3.8) is 0 Å². The van der Waals surface area contributed by atoms with Crippen molar-refractivity contribution in [2.24, 2.45) is 0 Å². The fraction of sp³-hybridized carbons (Fsp3) is 0.308. The Hall–Kier alpha value is -2.81. The monoisotopic (exact) mass is 549 g/mol. The van der Waals surface area contributed by atoms with E-state index in [9.17, 15) is 18.0 Å². The molecule has 0 aromatic heterocycles. The minimum atomic E-state index is -3.84. The zero-order valence-corrected chi connectivity index (χ0v) is 22.7. The molecular weight excluding hydrogens is 521 g/mol. The van der Waals surface area contributed by atoms with Crippen LogP contribution in [0.4, 0.5) is 5.69 Å². The Kier molecular flexibility index (Phi) is 9.22. The highest BCUT2D eigenvalue weighted by molar-refractivity contribution is 7.92. The van der Waals surface area contributed by atoms with E-state index in [2.05, 4.69) is 5.32 Å². The first-order chi connectivity index (χ1) is 17.0. The molecule has 0 fully saturated rings. The van der Waals surface area contributed by atoms with Crippen LogP contribution in [0.5, 0.6) is 0 Å². The van der Waals surface area contributed by atoms with Crippen molar-refractivity contribution >= 4 is 61.5 Å². The number of hydrogen-bond acceptors (Lipinski definition) is 4. The molecule has 0 aliphatic carbocycles. The number of anilines is 1. The van der Waals surface area contributed by atoms with E-state index in [1.165, 1.54) is 4.90 Å². The van der Waals surface area contributed by atoms with Crippen LogP contribution in [0, 0.1) is 0 Å². The van der Waals surface area contributed by atoms with Gasteiger partial charge in [-0.3, -0.25) is 13.9 Å². The van der Waals surface area contributed by atoms with E-state index in [1.54, 1.807) is 43.3 Å². The molecule has 0 aliphatic rings. The summed E-state index contributed by atoms with van der Waals surface area (Å²) in [5, 5.41) is 5.11. The number of amides is 2. The van der Waals surface area contributed by atoms with Crippen molar-refractivity contribution in [3.8, 4) is 0 Å². The van der Waals surface area contributed by atoms with Crippen LogP contribution in [0.1, 0.15) is 25.8 Å². The maximum atomic E-state index is 13.7. The Labute approximate surface area is 222 Å². The number of sulfonamides is 1. The van der Waals surface area contributed by atoms with E-state index >= 15 is 0 Å². The third-order valence-electron chi connectivity index (χ3n) is 5.79. The maximum Gasteiger partial charge on any atom is 0.244 e. The highest BCUT2D eigenvalue weighted by Gasteiger charge is 2.31. The van der Waals surface area contributed by atoms with Gasteiger partial charge in [-0.15, -0.1) is 0 Å². The third-order valence-corrected chi connectivity index (χ3v) is 7.50. The van der Waals surface area contributed by atoms with Gasteiger partial charge in [0.25, 0.3) is 0 Å². The van der Waals surface area contributed by atoms with Crippen molar-refractivity contribution in [1.29, 1.82) is 0 Å². The van der Waals surface area contributed by atoms with Crippen LogP contribution < -0.4 is 9.62 Å². The van der Waals surface area contributed by atoms with Gasteiger partial charge in [0.15, 0.2) is 0 Å². The predicted molar refractivity (Wildman–Crippen MR) is 146 cm³/mol. The molecule has 0 bridgehead atoms.